The van der Waals surface area contributed by atoms with Crippen LogP contribution in [0, 0.1) is 19.8 Å². The summed E-state index contributed by atoms with van der Waals surface area (Å²) in [5.74, 6) is -0.221. The van der Waals surface area contributed by atoms with E-state index >= 15 is 0 Å². The Kier molecular flexibility index (Phi) is 5.61. The number of benzene rings is 2. The Balaban J connectivity index is 1.39. The van der Waals surface area contributed by atoms with Gasteiger partial charge in [-0.1, -0.05) is 35.5 Å². The van der Waals surface area contributed by atoms with Gasteiger partial charge in [0.2, 0.25) is 5.91 Å². The van der Waals surface area contributed by atoms with Gasteiger partial charge in [-0.2, -0.15) is 0 Å². The summed E-state index contributed by atoms with van der Waals surface area (Å²) in [5.41, 5.74) is 3.88. The molecule has 4 rings (SSSR count). The van der Waals surface area contributed by atoms with Crippen molar-refractivity contribution in [3.8, 4) is 5.69 Å². The summed E-state index contributed by atoms with van der Waals surface area (Å²) in [7, 11) is 0. The SMILES string of the molecule is Cc1cccc(-n2nnc(C(=O)N3CCC(C(=O)Nc4ccccc4)CC3)c2C)c1. The van der Waals surface area contributed by atoms with Gasteiger partial charge in [0.25, 0.3) is 5.91 Å². The molecule has 1 N–H and O–H groups in total. The van der Waals surface area contributed by atoms with Gasteiger partial charge in [0, 0.05) is 24.7 Å². The van der Waals surface area contributed by atoms with E-state index in [9.17, 15) is 9.59 Å². The fraction of sp³-hybridized carbons (Fsp3) is 0.304. The Morgan fingerprint density at radius 1 is 1.00 bits per heavy atom. The molecule has 0 radical (unpaired) electrons. The molecule has 1 aromatic heterocycles. The van der Waals surface area contributed by atoms with E-state index in [2.05, 4.69) is 15.6 Å². The Morgan fingerprint density at radius 2 is 1.73 bits per heavy atom. The molecular weight excluding hydrogens is 378 g/mol. The summed E-state index contributed by atoms with van der Waals surface area (Å²) in [6, 6.07) is 17.4. The second-order valence-corrected chi connectivity index (χ2v) is 7.70. The van der Waals surface area contributed by atoms with Crippen molar-refractivity contribution in [3.63, 3.8) is 0 Å². The molecule has 2 amide bonds. The lowest BCUT2D eigenvalue weighted by molar-refractivity contribution is -0.121. The average molecular weight is 403 g/mol. The summed E-state index contributed by atoms with van der Waals surface area (Å²) in [5, 5.41) is 11.3. The summed E-state index contributed by atoms with van der Waals surface area (Å²) in [4.78, 5) is 27.3. The number of aryl methyl sites for hydroxylation is 1. The van der Waals surface area contributed by atoms with Crippen LogP contribution < -0.4 is 5.32 Å². The number of aromatic nitrogens is 3. The van der Waals surface area contributed by atoms with Gasteiger partial charge < -0.3 is 10.2 Å². The van der Waals surface area contributed by atoms with E-state index in [1.165, 1.54) is 0 Å². The summed E-state index contributed by atoms with van der Waals surface area (Å²) in [6.07, 6.45) is 1.27. The maximum atomic E-state index is 13.0. The highest BCUT2D eigenvalue weighted by atomic mass is 16.2. The van der Waals surface area contributed by atoms with Crippen molar-refractivity contribution < 1.29 is 9.59 Å². The normalized spacial score (nSPS) is 14.5. The largest absolute Gasteiger partial charge is 0.337 e. The number of para-hydroxylation sites is 1. The number of hydrogen-bond acceptors (Lipinski definition) is 4. The van der Waals surface area contributed by atoms with Crippen LogP contribution in [0.3, 0.4) is 0 Å². The van der Waals surface area contributed by atoms with Gasteiger partial charge in [0.15, 0.2) is 5.69 Å². The lowest BCUT2D eigenvalue weighted by Gasteiger charge is -2.31. The van der Waals surface area contributed by atoms with E-state index in [0.29, 0.717) is 31.6 Å². The predicted octanol–water partition coefficient (Wildman–Crippen LogP) is 3.38. The highest BCUT2D eigenvalue weighted by Crippen LogP contribution is 2.22. The number of piperidine rings is 1. The molecule has 1 aliphatic heterocycles. The zero-order valence-electron chi connectivity index (χ0n) is 17.2. The van der Waals surface area contributed by atoms with E-state index in [0.717, 1.165) is 22.6 Å². The minimum Gasteiger partial charge on any atom is -0.337 e. The van der Waals surface area contributed by atoms with Crippen molar-refractivity contribution in [1.29, 1.82) is 0 Å². The van der Waals surface area contributed by atoms with Gasteiger partial charge >= 0.3 is 0 Å². The first-order chi connectivity index (χ1) is 14.5. The van der Waals surface area contributed by atoms with Crippen molar-refractivity contribution in [3.05, 3.63) is 71.5 Å². The number of carbonyl (C=O) groups is 2. The fourth-order valence-corrected chi connectivity index (χ4v) is 3.79. The Bertz CT molecular complexity index is 1050. The maximum Gasteiger partial charge on any atom is 0.276 e. The molecule has 1 saturated heterocycles. The minimum absolute atomic E-state index is 0.00914. The smallest absolute Gasteiger partial charge is 0.276 e. The van der Waals surface area contributed by atoms with Crippen LogP contribution in [0.25, 0.3) is 5.69 Å². The first-order valence-corrected chi connectivity index (χ1v) is 10.2. The van der Waals surface area contributed by atoms with Gasteiger partial charge in [-0.05, 0) is 56.5 Å². The molecule has 0 aliphatic carbocycles. The van der Waals surface area contributed by atoms with Gasteiger partial charge in [-0.15, -0.1) is 5.10 Å². The number of hydrogen-bond donors (Lipinski definition) is 1. The van der Waals surface area contributed by atoms with Crippen LogP contribution in [0.4, 0.5) is 5.69 Å². The highest BCUT2D eigenvalue weighted by molar-refractivity contribution is 5.94. The molecule has 1 aliphatic rings. The zero-order chi connectivity index (χ0) is 21.1. The third-order valence-corrected chi connectivity index (χ3v) is 5.54. The Labute approximate surface area is 175 Å². The number of amides is 2. The third kappa shape index (κ3) is 4.10. The summed E-state index contributed by atoms with van der Waals surface area (Å²) < 4.78 is 1.69. The highest BCUT2D eigenvalue weighted by Gasteiger charge is 2.30. The van der Waals surface area contributed by atoms with E-state index < -0.39 is 0 Å². The first-order valence-electron chi connectivity index (χ1n) is 10.2. The molecule has 7 nitrogen and oxygen atoms in total. The van der Waals surface area contributed by atoms with Gasteiger partial charge in [0.1, 0.15) is 0 Å². The van der Waals surface area contributed by atoms with E-state index in [-0.39, 0.29) is 17.7 Å². The standard InChI is InChI=1S/C23H25N5O2/c1-16-7-6-10-20(15-16)28-17(2)21(25-26-28)23(30)27-13-11-18(12-14-27)22(29)24-19-8-4-3-5-9-19/h3-10,15,18H,11-14H2,1-2H3,(H,24,29). The molecule has 3 aromatic rings. The topological polar surface area (TPSA) is 80.1 Å². The minimum atomic E-state index is -0.131. The molecular formula is C23H25N5O2. The number of nitrogens with zero attached hydrogens (tertiary/aromatic N) is 4. The number of carbonyl (C=O) groups excluding carboxylic acids is 2. The monoisotopic (exact) mass is 403 g/mol. The molecule has 30 heavy (non-hydrogen) atoms. The summed E-state index contributed by atoms with van der Waals surface area (Å²) >= 11 is 0. The zero-order valence-corrected chi connectivity index (χ0v) is 17.2. The van der Waals surface area contributed by atoms with Crippen LogP contribution in [-0.2, 0) is 4.79 Å². The van der Waals surface area contributed by atoms with Crippen LogP contribution >= 0.6 is 0 Å². The van der Waals surface area contributed by atoms with E-state index in [4.69, 9.17) is 0 Å². The molecule has 154 valence electrons. The lowest BCUT2D eigenvalue weighted by Crippen LogP contribution is -2.41. The number of nitrogens with one attached hydrogen (secondary N) is 1. The van der Waals surface area contributed by atoms with Crippen LogP contribution in [0.15, 0.2) is 54.6 Å². The third-order valence-electron chi connectivity index (χ3n) is 5.54. The molecule has 0 unspecified atom stereocenters. The average Bonchev–Trinajstić information content (AvgIpc) is 3.15. The van der Waals surface area contributed by atoms with Crippen LogP contribution in [-0.4, -0.2) is 44.8 Å². The second-order valence-electron chi connectivity index (χ2n) is 7.70. The van der Waals surface area contributed by atoms with Gasteiger partial charge in [0.05, 0.1) is 11.4 Å². The number of likely N-dealkylation sites (tertiary alicyclic amines) is 1. The van der Waals surface area contributed by atoms with Crippen molar-refractivity contribution in [1.82, 2.24) is 19.9 Å². The van der Waals surface area contributed by atoms with E-state index in [1.807, 2.05) is 68.4 Å². The summed E-state index contributed by atoms with van der Waals surface area (Å²) in [6.45, 7) is 4.93. The van der Waals surface area contributed by atoms with Crippen LogP contribution in [0.5, 0.6) is 0 Å². The Morgan fingerprint density at radius 3 is 2.43 bits per heavy atom. The Hall–Kier alpha value is -3.48. The number of anilines is 1. The van der Waals surface area contributed by atoms with Crippen molar-refractivity contribution in [2.45, 2.75) is 26.7 Å². The fourth-order valence-electron chi connectivity index (χ4n) is 3.79. The maximum absolute atomic E-state index is 13.0. The van der Waals surface area contributed by atoms with E-state index in [1.54, 1.807) is 9.58 Å². The lowest BCUT2D eigenvalue weighted by atomic mass is 9.95. The number of rotatable bonds is 4. The molecule has 1 fully saturated rings. The molecule has 0 saturated carbocycles. The van der Waals surface area contributed by atoms with Crippen LogP contribution in [0.1, 0.15) is 34.6 Å². The second kappa shape index (κ2) is 8.49. The molecule has 2 aromatic carbocycles. The molecule has 0 spiro atoms. The quantitative estimate of drug-likeness (QED) is 0.724. The van der Waals surface area contributed by atoms with Crippen molar-refractivity contribution in [2.24, 2.45) is 5.92 Å². The van der Waals surface area contributed by atoms with Gasteiger partial charge in [-0.25, -0.2) is 4.68 Å². The van der Waals surface area contributed by atoms with Crippen molar-refractivity contribution in [2.75, 3.05) is 18.4 Å². The molecule has 7 heteroatoms. The molecule has 2 heterocycles. The van der Waals surface area contributed by atoms with Crippen molar-refractivity contribution >= 4 is 17.5 Å². The molecule has 0 bridgehead atoms. The first kappa shape index (κ1) is 19.8. The van der Waals surface area contributed by atoms with Gasteiger partial charge in [-0.3, -0.25) is 9.59 Å². The molecule has 0 atom stereocenters. The predicted molar refractivity (Wildman–Crippen MR) is 115 cm³/mol. The van der Waals surface area contributed by atoms with Crippen LogP contribution in [0.2, 0.25) is 0 Å².